The second-order valence-corrected chi connectivity index (χ2v) is 4.43. The Kier molecular flexibility index (Phi) is 1.07. The number of fused-ring (bicyclic) bond motifs is 5. The highest BCUT2D eigenvalue weighted by Gasteiger charge is 2.49. The molecule has 5 atom stereocenters. The first-order chi connectivity index (χ1) is 5.36. The summed E-state index contributed by atoms with van der Waals surface area (Å²) >= 11 is 0. The van der Waals surface area contributed by atoms with E-state index in [2.05, 4.69) is 12.2 Å². The first-order valence-electron chi connectivity index (χ1n) is 4.80. The molecule has 2 bridgehead atoms. The smallest absolute Gasteiger partial charge is 0.00757 e. The van der Waals surface area contributed by atoms with Crippen LogP contribution in [0, 0.1) is 23.7 Å². The monoisotopic (exact) mass is 149 g/mol. The Labute approximate surface area is 67.7 Å². The van der Waals surface area contributed by atoms with Crippen LogP contribution in [0.1, 0.15) is 19.3 Å². The minimum atomic E-state index is 0.528. The van der Waals surface area contributed by atoms with E-state index < -0.39 is 0 Å². The predicted molar refractivity (Wildman–Crippen MR) is 44.9 cm³/mol. The molecule has 0 spiro atoms. The van der Waals surface area contributed by atoms with Crippen molar-refractivity contribution in [3.8, 4) is 0 Å². The summed E-state index contributed by atoms with van der Waals surface area (Å²) in [4.78, 5) is 0. The highest BCUT2D eigenvalue weighted by molar-refractivity contribution is 5.17. The van der Waals surface area contributed by atoms with Crippen LogP contribution in [0.15, 0.2) is 12.2 Å². The van der Waals surface area contributed by atoms with E-state index in [4.69, 9.17) is 5.73 Å². The van der Waals surface area contributed by atoms with Crippen LogP contribution < -0.4 is 5.73 Å². The van der Waals surface area contributed by atoms with Gasteiger partial charge in [-0.25, -0.2) is 0 Å². The zero-order chi connectivity index (χ0) is 7.42. The van der Waals surface area contributed by atoms with Crippen LogP contribution in [0.2, 0.25) is 0 Å². The van der Waals surface area contributed by atoms with Crippen LogP contribution in [0.5, 0.6) is 0 Å². The lowest BCUT2D eigenvalue weighted by Crippen LogP contribution is -2.30. The van der Waals surface area contributed by atoms with Crippen molar-refractivity contribution in [2.24, 2.45) is 29.4 Å². The van der Waals surface area contributed by atoms with Gasteiger partial charge in [0.1, 0.15) is 0 Å². The molecule has 2 fully saturated rings. The molecule has 0 amide bonds. The van der Waals surface area contributed by atoms with Crippen molar-refractivity contribution in [3.63, 3.8) is 0 Å². The zero-order valence-corrected chi connectivity index (χ0v) is 6.74. The van der Waals surface area contributed by atoms with Crippen molar-refractivity contribution in [1.29, 1.82) is 0 Å². The van der Waals surface area contributed by atoms with Crippen LogP contribution in [0.4, 0.5) is 0 Å². The fourth-order valence-electron chi connectivity index (χ4n) is 3.58. The first-order valence-corrected chi connectivity index (χ1v) is 4.80. The quantitative estimate of drug-likeness (QED) is 0.519. The average Bonchev–Trinajstić information content (AvgIpc) is 2.60. The number of hydrogen-bond acceptors (Lipinski definition) is 1. The molecule has 0 aromatic heterocycles. The van der Waals surface area contributed by atoms with Gasteiger partial charge in [-0.05, 0) is 42.9 Å². The van der Waals surface area contributed by atoms with Crippen molar-refractivity contribution in [1.82, 2.24) is 0 Å². The molecular weight excluding hydrogens is 134 g/mol. The van der Waals surface area contributed by atoms with Crippen LogP contribution in [-0.2, 0) is 0 Å². The van der Waals surface area contributed by atoms with Gasteiger partial charge in [-0.2, -0.15) is 0 Å². The van der Waals surface area contributed by atoms with Gasteiger partial charge in [0.2, 0.25) is 0 Å². The van der Waals surface area contributed by atoms with E-state index in [1.165, 1.54) is 19.3 Å². The van der Waals surface area contributed by atoms with Crippen molar-refractivity contribution >= 4 is 0 Å². The van der Waals surface area contributed by atoms with Gasteiger partial charge in [0, 0.05) is 6.04 Å². The largest absolute Gasteiger partial charge is 0.327 e. The molecule has 0 unspecified atom stereocenters. The van der Waals surface area contributed by atoms with Crippen molar-refractivity contribution < 1.29 is 0 Å². The summed E-state index contributed by atoms with van der Waals surface area (Å²) in [6, 6.07) is 0.528. The third-order valence-electron chi connectivity index (χ3n) is 4.02. The van der Waals surface area contributed by atoms with E-state index in [1.807, 2.05) is 0 Å². The molecular formula is C10H15N. The fourth-order valence-corrected chi connectivity index (χ4v) is 3.58. The molecule has 2 N–H and O–H groups in total. The van der Waals surface area contributed by atoms with Crippen molar-refractivity contribution in [3.05, 3.63) is 12.2 Å². The lowest BCUT2D eigenvalue weighted by molar-refractivity contribution is 0.339. The SMILES string of the molecule is N[C@H]1CC[C@@H]2[C@H]1[C@H]1C=C[C@H]2C1. The Morgan fingerprint density at radius 1 is 1.09 bits per heavy atom. The molecule has 3 rings (SSSR count). The lowest BCUT2D eigenvalue weighted by atomic mass is 9.84. The van der Waals surface area contributed by atoms with E-state index in [0.29, 0.717) is 6.04 Å². The Bertz CT molecular complexity index is 209. The Morgan fingerprint density at radius 2 is 1.91 bits per heavy atom. The van der Waals surface area contributed by atoms with Gasteiger partial charge in [0.05, 0.1) is 0 Å². The molecule has 0 aromatic carbocycles. The van der Waals surface area contributed by atoms with E-state index in [-0.39, 0.29) is 0 Å². The average molecular weight is 149 g/mol. The minimum absolute atomic E-state index is 0.528. The zero-order valence-electron chi connectivity index (χ0n) is 6.74. The number of nitrogens with two attached hydrogens (primary N) is 1. The minimum Gasteiger partial charge on any atom is -0.327 e. The molecule has 0 radical (unpaired) electrons. The van der Waals surface area contributed by atoms with Gasteiger partial charge in [-0.3, -0.25) is 0 Å². The molecule has 2 saturated carbocycles. The molecule has 60 valence electrons. The number of hydrogen-bond donors (Lipinski definition) is 1. The maximum absolute atomic E-state index is 6.07. The summed E-state index contributed by atoms with van der Waals surface area (Å²) in [6.45, 7) is 0. The Hall–Kier alpha value is -0.300. The van der Waals surface area contributed by atoms with Gasteiger partial charge in [0.25, 0.3) is 0 Å². The van der Waals surface area contributed by atoms with E-state index in [1.54, 1.807) is 0 Å². The van der Waals surface area contributed by atoms with Gasteiger partial charge in [0.15, 0.2) is 0 Å². The Morgan fingerprint density at radius 3 is 2.73 bits per heavy atom. The molecule has 0 heterocycles. The van der Waals surface area contributed by atoms with Crippen LogP contribution in [0.25, 0.3) is 0 Å². The molecule has 1 heteroatoms. The van der Waals surface area contributed by atoms with Gasteiger partial charge in [-0.1, -0.05) is 12.2 Å². The van der Waals surface area contributed by atoms with E-state index >= 15 is 0 Å². The topological polar surface area (TPSA) is 26.0 Å². The van der Waals surface area contributed by atoms with Crippen LogP contribution in [-0.4, -0.2) is 6.04 Å². The molecule has 0 saturated heterocycles. The summed E-state index contributed by atoms with van der Waals surface area (Å²) in [5.74, 6) is 3.62. The van der Waals surface area contributed by atoms with Crippen molar-refractivity contribution in [2.75, 3.05) is 0 Å². The second kappa shape index (κ2) is 1.89. The van der Waals surface area contributed by atoms with Crippen LogP contribution in [0.3, 0.4) is 0 Å². The first kappa shape index (κ1) is 6.24. The molecule has 3 aliphatic rings. The standard InChI is InChI=1S/C10H15N/c11-9-4-3-8-6-1-2-7(5-6)10(8)9/h1-2,6-10H,3-5,11H2/t6-,7-,8-,9-,10+/m0/s1. The maximum Gasteiger partial charge on any atom is 0.00757 e. The van der Waals surface area contributed by atoms with Crippen LogP contribution >= 0.6 is 0 Å². The maximum atomic E-state index is 6.07. The third kappa shape index (κ3) is 0.652. The number of allylic oxidation sites excluding steroid dienone is 2. The predicted octanol–water partition coefficient (Wildman–Crippen LogP) is 1.55. The normalized spacial score (nSPS) is 58.8. The fraction of sp³-hybridized carbons (Fsp3) is 0.800. The van der Waals surface area contributed by atoms with Crippen molar-refractivity contribution in [2.45, 2.75) is 25.3 Å². The summed E-state index contributed by atoms with van der Waals surface area (Å²) in [5, 5.41) is 0. The molecule has 3 aliphatic carbocycles. The number of rotatable bonds is 0. The summed E-state index contributed by atoms with van der Waals surface area (Å²) < 4.78 is 0. The summed E-state index contributed by atoms with van der Waals surface area (Å²) in [5.41, 5.74) is 6.07. The third-order valence-corrected chi connectivity index (χ3v) is 4.02. The molecule has 0 aromatic rings. The van der Waals surface area contributed by atoms with E-state index in [0.717, 1.165) is 23.7 Å². The highest BCUT2D eigenvalue weighted by atomic mass is 14.7. The highest BCUT2D eigenvalue weighted by Crippen LogP contribution is 2.54. The van der Waals surface area contributed by atoms with Gasteiger partial charge >= 0.3 is 0 Å². The van der Waals surface area contributed by atoms with E-state index in [9.17, 15) is 0 Å². The molecule has 0 aliphatic heterocycles. The second-order valence-electron chi connectivity index (χ2n) is 4.43. The molecule has 11 heavy (non-hydrogen) atoms. The molecule has 1 nitrogen and oxygen atoms in total. The van der Waals surface area contributed by atoms with Gasteiger partial charge < -0.3 is 5.73 Å². The lowest BCUT2D eigenvalue weighted by Gasteiger charge is -2.23. The summed E-state index contributed by atoms with van der Waals surface area (Å²) in [6.07, 6.45) is 8.95. The van der Waals surface area contributed by atoms with Gasteiger partial charge in [-0.15, -0.1) is 0 Å². The Balaban J connectivity index is 1.97. The summed E-state index contributed by atoms with van der Waals surface area (Å²) in [7, 11) is 0.